The number of esters is 1. The second-order valence-electron chi connectivity index (χ2n) is 4.19. The predicted octanol–water partition coefficient (Wildman–Crippen LogP) is 1.41. The highest BCUT2D eigenvalue weighted by atomic mass is 19.1. The van der Waals surface area contributed by atoms with Crippen LogP contribution in [0.1, 0.15) is 25.5 Å². The number of hydrogen-bond acceptors (Lipinski definition) is 4. The number of pyridine rings is 1. The molecule has 2 N–H and O–H groups in total. The zero-order valence-electron chi connectivity index (χ0n) is 11.1. The summed E-state index contributed by atoms with van der Waals surface area (Å²) in [5, 5.41) is 5.00. The summed E-state index contributed by atoms with van der Waals surface area (Å²) in [4.78, 5) is 27.2. The summed E-state index contributed by atoms with van der Waals surface area (Å²) in [6.07, 6.45) is 2.42. The predicted molar refractivity (Wildman–Crippen MR) is 67.9 cm³/mol. The van der Waals surface area contributed by atoms with Crippen LogP contribution in [0.25, 0.3) is 0 Å². The molecule has 0 saturated heterocycles. The molecule has 1 aliphatic rings. The van der Waals surface area contributed by atoms with Gasteiger partial charge in [0, 0.05) is 17.5 Å². The molecule has 2 amide bonds. The Morgan fingerprint density at radius 1 is 1.55 bits per heavy atom. The maximum Gasteiger partial charge on any atom is 0.338 e. The highest BCUT2D eigenvalue weighted by Gasteiger charge is 2.33. The van der Waals surface area contributed by atoms with Crippen LogP contribution in [0.4, 0.5) is 9.18 Å². The van der Waals surface area contributed by atoms with E-state index in [-0.39, 0.29) is 17.7 Å². The second kappa shape index (κ2) is 5.68. The lowest BCUT2D eigenvalue weighted by molar-refractivity contribution is -0.139. The van der Waals surface area contributed by atoms with Crippen LogP contribution < -0.4 is 10.6 Å². The van der Waals surface area contributed by atoms with Crippen molar-refractivity contribution in [1.29, 1.82) is 0 Å². The Labute approximate surface area is 115 Å². The minimum Gasteiger partial charge on any atom is -0.463 e. The first-order valence-electron chi connectivity index (χ1n) is 6.09. The topological polar surface area (TPSA) is 80.3 Å². The van der Waals surface area contributed by atoms with Crippen LogP contribution in [0.3, 0.4) is 0 Å². The first-order chi connectivity index (χ1) is 9.54. The highest BCUT2D eigenvalue weighted by Crippen LogP contribution is 2.28. The molecule has 0 fully saturated rings. The van der Waals surface area contributed by atoms with Crippen molar-refractivity contribution in [2.24, 2.45) is 0 Å². The number of nitrogens with one attached hydrogen (secondary N) is 2. The van der Waals surface area contributed by atoms with Gasteiger partial charge >= 0.3 is 12.0 Å². The van der Waals surface area contributed by atoms with Gasteiger partial charge in [0.1, 0.15) is 5.82 Å². The molecule has 2 heterocycles. The van der Waals surface area contributed by atoms with Crippen molar-refractivity contribution in [1.82, 2.24) is 15.6 Å². The van der Waals surface area contributed by atoms with Crippen molar-refractivity contribution in [3.8, 4) is 0 Å². The average Bonchev–Trinajstić information content (AvgIpc) is 2.38. The molecule has 6 nitrogen and oxygen atoms in total. The number of amides is 2. The summed E-state index contributed by atoms with van der Waals surface area (Å²) in [5.74, 6) is -1.20. The third-order valence-electron chi connectivity index (χ3n) is 2.88. The number of urea groups is 1. The standard InChI is InChI=1S/C13H14FN3O3/c1-3-20-12(18)10-7(2)16-13(19)17-11(10)8-4-5-15-6-9(8)14/h4-6,11H,3H2,1-2H3,(H2,16,17,19). The van der Waals surface area contributed by atoms with Gasteiger partial charge in [0.25, 0.3) is 0 Å². The van der Waals surface area contributed by atoms with Gasteiger partial charge in [-0.2, -0.15) is 0 Å². The first kappa shape index (κ1) is 14.0. The number of carbonyl (C=O) groups is 2. The molecule has 0 aliphatic carbocycles. The lowest BCUT2D eigenvalue weighted by Crippen LogP contribution is -2.45. The minimum atomic E-state index is -0.897. The lowest BCUT2D eigenvalue weighted by atomic mass is 9.96. The summed E-state index contributed by atoms with van der Waals surface area (Å²) >= 11 is 0. The third-order valence-corrected chi connectivity index (χ3v) is 2.88. The molecule has 0 bridgehead atoms. The molecular weight excluding hydrogens is 265 g/mol. The number of carbonyl (C=O) groups excluding carboxylic acids is 2. The number of ether oxygens (including phenoxy) is 1. The first-order valence-corrected chi connectivity index (χ1v) is 6.09. The quantitative estimate of drug-likeness (QED) is 0.820. The van der Waals surface area contributed by atoms with E-state index in [2.05, 4.69) is 15.6 Å². The van der Waals surface area contributed by atoms with E-state index >= 15 is 0 Å². The molecule has 106 valence electrons. The van der Waals surface area contributed by atoms with Gasteiger partial charge in [-0.25, -0.2) is 14.0 Å². The van der Waals surface area contributed by atoms with Gasteiger partial charge in [-0.05, 0) is 19.9 Å². The van der Waals surface area contributed by atoms with Crippen molar-refractivity contribution in [3.63, 3.8) is 0 Å². The van der Waals surface area contributed by atoms with Crippen LogP contribution in [0.5, 0.6) is 0 Å². The number of allylic oxidation sites excluding steroid dienone is 1. The van der Waals surface area contributed by atoms with Gasteiger partial charge < -0.3 is 15.4 Å². The monoisotopic (exact) mass is 279 g/mol. The zero-order valence-corrected chi connectivity index (χ0v) is 11.1. The zero-order chi connectivity index (χ0) is 14.7. The molecule has 0 aromatic carbocycles. The average molecular weight is 279 g/mol. The SMILES string of the molecule is CCOC(=O)C1=C(C)NC(=O)NC1c1ccncc1F. The molecule has 1 unspecified atom stereocenters. The second-order valence-corrected chi connectivity index (χ2v) is 4.19. The van der Waals surface area contributed by atoms with Crippen LogP contribution >= 0.6 is 0 Å². The van der Waals surface area contributed by atoms with Crippen LogP contribution in [-0.2, 0) is 9.53 Å². The van der Waals surface area contributed by atoms with Crippen LogP contribution in [0.15, 0.2) is 29.7 Å². The molecule has 1 aliphatic heterocycles. The Balaban J connectivity index is 2.48. The van der Waals surface area contributed by atoms with Gasteiger partial charge in [-0.1, -0.05) is 0 Å². The maximum atomic E-state index is 13.8. The van der Waals surface area contributed by atoms with Crippen LogP contribution in [0.2, 0.25) is 0 Å². The van der Waals surface area contributed by atoms with Gasteiger partial charge in [-0.3, -0.25) is 4.98 Å². The van der Waals surface area contributed by atoms with E-state index in [0.717, 1.165) is 6.20 Å². The summed E-state index contributed by atoms with van der Waals surface area (Å²) in [7, 11) is 0. The van der Waals surface area contributed by atoms with E-state index in [0.29, 0.717) is 5.70 Å². The molecule has 20 heavy (non-hydrogen) atoms. The highest BCUT2D eigenvalue weighted by molar-refractivity contribution is 5.95. The maximum absolute atomic E-state index is 13.8. The number of rotatable bonds is 3. The van der Waals surface area contributed by atoms with Gasteiger partial charge in [0.05, 0.1) is 24.4 Å². The fourth-order valence-electron chi connectivity index (χ4n) is 2.03. The van der Waals surface area contributed by atoms with Crippen LogP contribution in [0, 0.1) is 5.82 Å². The van der Waals surface area contributed by atoms with Crippen LogP contribution in [-0.4, -0.2) is 23.6 Å². The number of aromatic nitrogens is 1. The number of halogens is 1. The van der Waals surface area contributed by atoms with Crippen molar-refractivity contribution < 1.29 is 18.7 Å². The lowest BCUT2D eigenvalue weighted by Gasteiger charge is -2.28. The van der Waals surface area contributed by atoms with E-state index in [1.54, 1.807) is 13.8 Å². The summed E-state index contributed by atoms with van der Waals surface area (Å²) in [6, 6.07) is 0.0144. The number of nitrogens with zero attached hydrogens (tertiary/aromatic N) is 1. The Morgan fingerprint density at radius 2 is 2.30 bits per heavy atom. The molecule has 1 aromatic heterocycles. The van der Waals surface area contributed by atoms with E-state index in [4.69, 9.17) is 4.74 Å². The Morgan fingerprint density at radius 3 is 2.95 bits per heavy atom. The smallest absolute Gasteiger partial charge is 0.338 e. The van der Waals surface area contributed by atoms with Gasteiger partial charge in [-0.15, -0.1) is 0 Å². The minimum absolute atomic E-state index is 0.164. The van der Waals surface area contributed by atoms with Gasteiger partial charge in [0.2, 0.25) is 0 Å². The largest absolute Gasteiger partial charge is 0.463 e. The Kier molecular flexibility index (Phi) is 3.97. The molecule has 1 atom stereocenters. The molecule has 0 saturated carbocycles. The summed E-state index contributed by atoms with van der Waals surface area (Å²) in [5.41, 5.74) is 0.683. The molecule has 0 spiro atoms. The van der Waals surface area contributed by atoms with E-state index < -0.39 is 23.9 Å². The van der Waals surface area contributed by atoms with Gasteiger partial charge in [0.15, 0.2) is 0 Å². The van der Waals surface area contributed by atoms with Crippen molar-refractivity contribution in [2.75, 3.05) is 6.61 Å². The van der Waals surface area contributed by atoms with Crippen molar-refractivity contribution in [3.05, 3.63) is 41.1 Å². The Bertz CT molecular complexity index is 586. The fourth-order valence-corrected chi connectivity index (χ4v) is 2.03. The third kappa shape index (κ3) is 2.61. The normalized spacial score (nSPS) is 18.4. The summed E-state index contributed by atoms with van der Waals surface area (Å²) in [6.45, 7) is 3.43. The van der Waals surface area contributed by atoms with E-state index in [1.807, 2.05) is 0 Å². The molecule has 7 heteroatoms. The summed E-state index contributed by atoms with van der Waals surface area (Å²) < 4.78 is 18.8. The molecular formula is C13H14FN3O3. The molecule has 2 rings (SSSR count). The molecule has 0 radical (unpaired) electrons. The van der Waals surface area contributed by atoms with E-state index in [1.165, 1.54) is 12.3 Å². The Hall–Kier alpha value is -2.44. The fraction of sp³-hybridized carbons (Fsp3) is 0.308. The van der Waals surface area contributed by atoms with E-state index in [9.17, 15) is 14.0 Å². The van der Waals surface area contributed by atoms with Crippen molar-refractivity contribution in [2.45, 2.75) is 19.9 Å². The number of hydrogen-bond donors (Lipinski definition) is 2. The molecule has 1 aromatic rings. The van der Waals surface area contributed by atoms with Crippen molar-refractivity contribution >= 4 is 12.0 Å².